The lowest BCUT2D eigenvalue weighted by Gasteiger charge is -2.57. The van der Waals surface area contributed by atoms with Crippen LogP contribution >= 0.6 is 0 Å². The van der Waals surface area contributed by atoms with Crippen LogP contribution in [0.15, 0.2) is 0 Å². The van der Waals surface area contributed by atoms with Crippen molar-refractivity contribution in [2.45, 2.75) is 89.6 Å². The molecule has 0 aromatic rings. The third-order valence-electron chi connectivity index (χ3n) is 7.25. The average molecular weight is 276 g/mol. The van der Waals surface area contributed by atoms with E-state index in [1.165, 1.54) is 77.0 Å². The molecule has 0 radical (unpaired) electrons. The molecule has 5 saturated carbocycles. The molecule has 5 fully saturated rings. The van der Waals surface area contributed by atoms with Crippen LogP contribution in [-0.2, 0) is 0 Å². The van der Waals surface area contributed by atoms with Crippen molar-refractivity contribution in [3.63, 3.8) is 0 Å². The molecule has 1 atom stereocenters. The maximum atomic E-state index is 10.9. The molecule has 0 aliphatic heterocycles. The first-order valence-corrected chi connectivity index (χ1v) is 9.40. The largest absolute Gasteiger partial charge is 0.393 e. The Kier molecular flexibility index (Phi) is 3.61. The van der Waals surface area contributed by atoms with Crippen LogP contribution < -0.4 is 0 Å². The van der Waals surface area contributed by atoms with Gasteiger partial charge >= 0.3 is 0 Å². The average Bonchev–Trinajstić information content (AvgIpc) is 2.65. The highest BCUT2D eigenvalue weighted by molar-refractivity contribution is 5.02. The zero-order valence-electron chi connectivity index (χ0n) is 13.0. The van der Waals surface area contributed by atoms with E-state index in [4.69, 9.17) is 0 Å². The van der Waals surface area contributed by atoms with Crippen molar-refractivity contribution in [2.75, 3.05) is 0 Å². The molecule has 0 saturated heterocycles. The van der Waals surface area contributed by atoms with E-state index in [9.17, 15) is 5.11 Å². The van der Waals surface area contributed by atoms with Crippen molar-refractivity contribution in [1.29, 1.82) is 0 Å². The van der Waals surface area contributed by atoms with Gasteiger partial charge in [-0.1, -0.05) is 25.7 Å². The van der Waals surface area contributed by atoms with Gasteiger partial charge in [0.05, 0.1) is 6.10 Å². The lowest BCUT2D eigenvalue weighted by Crippen LogP contribution is -2.48. The van der Waals surface area contributed by atoms with Crippen LogP contribution in [0.25, 0.3) is 0 Å². The van der Waals surface area contributed by atoms with Crippen molar-refractivity contribution >= 4 is 0 Å². The van der Waals surface area contributed by atoms with E-state index in [0.717, 1.165) is 24.2 Å². The first-order valence-electron chi connectivity index (χ1n) is 9.40. The lowest BCUT2D eigenvalue weighted by atomic mass is 9.48. The molecule has 5 aliphatic rings. The molecule has 1 N–H and O–H groups in total. The molecule has 0 heterocycles. The van der Waals surface area contributed by atoms with Crippen LogP contribution in [0.3, 0.4) is 0 Å². The van der Waals surface area contributed by atoms with Gasteiger partial charge in [0.15, 0.2) is 0 Å². The van der Waals surface area contributed by atoms with Gasteiger partial charge in [-0.2, -0.15) is 0 Å². The maximum absolute atomic E-state index is 10.9. The summed E-state index contributed by atoms with van der Waals surface area (Å²) in [6.45, 7) is 0. The van der Waals surface area contributed by atoms with Gasteiger partial charge in [0.25, 0.3) is 0 Å². The second kappa shape index (κ2) is 5.30. The molecule has 1 heteroatoms. The summed E-state index contributed by atoms with van der Waals surface area (Å²) in [6, 6.07) is 0. The van der Waals surface area contributed by atoms with Crippen LogP contribution in [0.5, 0.6) is 0 Å². The van der Waals surface area contributed by atoms with Gasteiger partial charge in [-0.3, -0.25) is 0 Å². The maximum Gasteiger partial charge on any atom is 0.0573 e. The summed E-state index contributed by atoms with van der Waals surface area (Å²) in [7, 11) is 0. The van der Waals surface area contributed by atoms with E-state index in [-0.39, 0.29) is 6.10 Å². The van der Waals surface area contributed by atoms with E-state index >= 15 is 0 Å². The predicted molar refractivity (Wildman–Crippen MR) is 82.4 cm³/mol. The Morgan fingerprint density at radius 3 is 1.80 bits per heavy atom. The Labute approximate surface area is 124 Å². The fraction of sp³-hybridized carbons (Fsp3) is 1.00. The third-order valence-corrected chi connectivity index (χ3v) is 7.25. The Morgan fingerprint density at radius 2 is 1.30 bits per heavy atom. The van der Waals surface area contributed by atoms with Crippen molar-refractivity contribution in [1.82, 2.24) is 0 Å². The smallest absolute Gasteiger partial charge is 0.0573 e. The second-order valence-corrected chi connectivity index (χ2v) is 8.94. The minimum Gasteiger partial charge on any atom is -0.393 e. The summed E-state index contributed by atoms with van der Waals surface area (Å²) < 4.78 is 0. The molecule has 20 heavy (non-hydrogen) atoms. The van der Waals surface area contributed by atoms with Gasteiger partial charge in [-0.25, -0.2) is 0 Å². The SMILES string of the molecule is OC(CC12CC3CC(CC(C3)C1)C2)C1CCCCCC1. The Hall–Kier alpha value is -0.0400. The molecule has 4 bridgehead atoms. The summed E-state index contributed by atoms with van der Waals surface area (Å²) in [5.41, 5.74) is 0.570. The molecule has 114 valence electrons. The molecule has 5 rings (SSSR count). The third kappa shape index (κ3) is 2.56. The van der Waals surface area contributed by atoms with Crippen LogP contribution in [0.4, 0.5) is 0 Å². The zero-order valence-corrected chi connectivity index (χ0v) is 13.0. The van der Waals surface area contributed by atoms with E-state index in [2.05, 4.69) is 0 Å². The molecule has 0 spiro atoms. The summed E-state index contributed by atoms with van der Waals surface area (Å²) in [6.07, 6.45) is 18.3. The van der Waals surface area contributed by atoms with Gasteiger partial charge < -0.3 is 5.11 Å². The molecule has 1 nitrogen and oxygen atoms in total. The van der Waals surface area contributed by atoms with E-state index in [0.29, 0.717) is 11.3 Å². The first-order chi connectivity index (χ1) is 9.72. The summed E-state index contributed by atoms with van der Waals surface area (Å²) in [4.78, 5) is 0. The molecular formula is C19H32O. The number of hydrogen-bond acceptors (Lipinski definition) is 1. The lowest BCUT2D eigenvalue weighted by molar-refractivity contribution is -0.0842. The normalized spacial score (nSPS) is 46.4. The first kappa shape index (κ1) is 13.6. The van der Waals surface area contributed by atoms with Crippen molar-refractivity contribution < 1.29 is 5.11 Å². The van der Waals surface area contributed by atoms with Crippen molar-refractivity contribution in [3.8, 4) is 0 Å². The highest BCUT2D eigenvalue weighted by atomic mass is 16.3. The highest BCUT2D eigenvalue weighted by Crippen LogP contribution is 2.62. The van der Waals surface area contributed by atoms with E-state index in [1.807, 2.05) is 0 Å². The number of hydrogen-bond donors (Lipinski definition) is 1. The minimum absolute atomic E-state index is 0.0179. The quantitative estimate of drug-likeness (QED) is 0.725. The Morgan fingerprint density at radius 1 is 0.800 bits per heavy atom. The van der Waals surface area contributed by atoms with E-state index < -0.39 is 0 Å². The van der Waals surface area contributed by atoms with Gasteiger partial charge in [-0.05, 0) is 86.9 Å². The molecule has 1 unspecified atom stereocenters. The van der Waals surface area contributed by atoms with Crippen LogP contribution in [0, 0.1) is 29.1 Å². The van der Waals surface area contributed by atoms with E-state index in [1.54, 1.807) is 0 Å². The highest BCUT2D eigenvalue weighted by Gasteiger charge is 2.51. The second-order valence-electron chi connectivity index (χ2n) is 8.94. The monoisotopic (exact) mass is 276 g/mol. The minimum atomic E-state index is 0.0179. The van der Waals surface area contributed by atoms with Crippen LogP contribution in [0.1, 0.15) is 83.5 Å². The summed E-state index contributed by atoms with van der Waals surface area (Å²) in [5.74, 6) is 3.72. The summed E-state index contributed by atoms with van der Waals surface area (Å²) in [5, 5.41) is 10.9. The number of rotatable bonds is 3. The molecule has 0 aromatic carbocycles. The van der Waals surface area contributed by atoms with Crippen molar-refractivity contribution in [3.05, 3.63) is 0 Å². The van der Waals surface area contributed by atoms with Crippen LogP contribution in [-0.4, -0.2) is 11.2 Å². The van der Waals surface area contributed by atoms with Crippen LogP contribution in [0.2, 0.25) is 0 Å². The molecule has 0 aromatic heterocycles. The van der Waals surface area contributed by atoms with Gasteiger partial charge in [0.2, 0.25) is 0 Å². The molecular weight excluding hydrogens is 244 g/mol. The Bertz CT molecular complexity index is 304. The number of aliphatic hydroxyl groups is 1. The van der Waals surface area contributed by atoms with Gasteiger partial charge in [-0.15, -0.1) is 0 Å². The zero-order chi connectivity index (χ0) is 13.6. The predicted octanol–water partition coefficient (Wildman–Crippen LogP) is 4.92. The molecule has 0 amide bonds. The summed E-state index contributed by atoms with van der Waals surface area (Å²) >= 11 is 0. The Balaban J connectivity index is 1.42. The topological polar surface area (TPSA) is 20.2 Å². The van der Waals surface area contributed by atoms with Crippen molar-refractivity contribution in [2.24, 2.45) is 29.1 Å². The number of aliphatic hydroxyl groups excluding tert-OH is 1. The van der Waals surface area contributed by atoms with Gasteiger partial charge in [0, 0.05) is 0 Å². The fourth-order valence-corrected chi connectivity index (χ4v) is 6.85. The molecule has 5 aliphatic carbocycles. The van der Waals surface area contributed by atoms with Gasteiger partial charge in [0.1, 0.15) is 0 Å². The standard InChI is InChI=1S/C19H32O/c20-18(17-5-3-1-2-4-6-17)13-19-10-14-7-15(11-19)9-16(8-14)12-19/h14-18,20H,1-13H2. The fourth-order valence-electron chi connectivity index (χ4n) is 6.85.